The van der Waals surface area contributed by atoms with Crippen LogP contribution < -0.4 is 0 Å². The average molecular weight is 332 g/mol. The van der Waals surface area contributed by atoms with E-state index in [1.165, 1.54) is 24.4 Å². The van der Waals surface area contributed by atoms with Gasteiger partial charge >= 0.3 is 11.9 Å². The molecule has 8 heteroatoms. The predicted octanol–water partition coefficient (Wildman–Crippen LogP) is 2.94. The number of hydrogen-bond donors (Lipinski definition) is 1. The summed E-state index contributed by atoms with van der Waals surface area (Å²) in [5.74, 6) is -1.23. The number of rotatable bonds is 6. The smallest absolute Gasteiger partial charge is 0.340 e. The first kappa shape index (κ1) is 17.2. The van der Waals surface area contributed by atoms with Crippen LogP contribution in [0.2, 0.25) is 0 Å². The molecule has 0 saturated carbocycles. The number of carbonyl (C=O) groups is 2. The van der Waals surface area contributed by atoms with Gasteiger partial charge in [0.05, 0.1) is 40.5 Å². The fraction of sp³-hybridized carbons (Fsp3) is 0.250. The molecule has 1 aromatic heterocycles. The molecule has 0 atom stereocenters. The maximum absolute atomic E-state index is 12.0. The number of ether oxygens (including phenoxy) is 2. The Hall–Kier alpha value is -3.16. The third kappa shape index (κ3) is 3.43. The Balaban J connectivity index is 2.52. The minimum absolute atomic E-state index is 0.0662. The van der Waals surface area contributed by atoms with E-state index >= 15 is 0 Å². The summed E-state index contributed by atoms with van der Waals surface area (Å²) in [6.07, 6.45) is 1.49. The largest absolute Gasteiger partial charge is 0.462 e. The van der Waals surface area contributed by atoms with Gasteiger partial charge in [0.2, 0.25) is 0 Å². The first-order chi connectivity index (χ1) is 11.5. The molecule has 0 saturated heterocycles. The number of nitro groups is 1. The Morgan fingerprint density at radius 1 is 1.12 bits per heavy atom. The van der Waals surface area contributed by atoms with Crippen LogP contribution >= 0.6 is 0 Å². The van der Waals surface area contributed by atoms with Crippen LogP contribution in [0.1, 0.15) is 34.6 Å². The van der Waals surface area contributed by atoms with Crippen LogP contribution in [0.4, 0.5) is 5.69 Å². The number of aromatic nitrogens is 1. The molecule has 24 heavy (non-hydrogen) atoms. The Morgan fingerprint density at radius 2 is 1.79 bits per heavy atom. The van der Waals surface area contributed by atoms with Crippen LogP contribution in [0, 0.1) is 10.1 Å². The summed E-state index contributed by atoms with van der Waals surface area (Å²) in [6, 6.07) is 5.43. The van der Waals surface area contributed by atoms with Gasteiger partial charge in [-0.05, 0) is 32.0 Å². The van der Waals surface area contributed by atoms with Crippen LogP contribution in [0.5, 0.6) is 0 Å². The predicted molar refractivity (Wildman–Crippen MR) is 84.8 cm³/mol. The third-order valence-electron chi connectivity index (χ3n) is 3.22. The molecule has 0 amide bonds. The zero-order valence-corrected chi connectivity index (χ0v) is 13.2. The molecule has 0 aliphatic carbocycles. The van der Waals surface area contributed by atoms with E-state index in [1.54, 1.807) is 13.8 Å². The number of hydrogen-bond acceptors (Lipinski definition) is 6. The van der Waals surface area contributed by atoms with Crippen LogP contribution in [-0.2, 0) is 9.47 Å². The van der Waals surface area contributed by atoms with Gasteiger partial charge in [-0.25, -0.2) is 9.59 Å². The van der Waals surface area contributed by atoms with Gasteiger partial charge in [0, 0.05) is 12.3 Å². The first-order valence-corrected chi connectivity index (χ1v) is 7.30. The number of nitrogens with one attached hydrogen (secondary N) is 1. The monoisotopic (exact) mass is 332 g/mol. The minimum atomic E-state index is -0.649. The van der Waals surface area contributed by atoms with E-state index in [9.17, 15) is 19.7 Å². The number of nitrogens with zero attached hydrogens (tertiary/aromatic N) is 1. The molecular weight excluding hydrogens is 316 g/mol. The van der Waals surface area contributed by atoms with Crippen molar-refractivity contribution >= 4 is 17.6 Å². The van der Waals surface area contributed by atoms with Crippen molar-refractivity contribution in [1.82, 2.24) is 4.98 Å². The topological polar surface area (TPSA) is 112 Å². The van der Waals surface area contributed by atoms with Crippen molar-refractivity contribution in [3.63, 3.8) is 0 Å². The van der Waals surface area contributed by atoms with Crippen molar-refractivity contribution in [2.45, 2.75) is 13.8 Å². The molecular formula is C16H16N2O6. The summed E-state index contributed by atoms with van der Waals surface area (Å²) in [7, 11) is 0. The lowest BCUT2D eigenvalue weighted by atomic mass is 10.0. The van der Waals surface area contributed by atoms with Crippen molar-refractivity contribution in [3.05, 3.63) is 51.7 Å². The van der Waals surface area contributed by atoms with Crippen LogP contribution in [0.3, 0.4) is 0 Å². The van der Waals surface area contributed by atoms with Gasteiger partial charge in [-0.15, -0.1) is 0 Å². The molecule has 1 heterocycles. The van der Waals surface area contributed by atoms with Gasteiger partial charge in [0.1, 0.15) is 0 Å². The fourth-order valence-corrected chi connectivity index (χ4v) is 2.21. The van der Waals surface area contributed by atoms with E-state index in [1.807, 2.05) is 0 Å². The van der Waals surface area contributed by atoms with E-state index in [0.29, 0.717) is 0 Å². The van der Waals surface area contributed by atoms with E-state index in [4.69, 9.17) is 9.47 Å². The highest BCUT2D eigenvalue weighted by Crippen LogP contribution is 2.32. The van der Waals surface area contributed by atoms with Gasteiger partial charge in [-0.3, -0.25) is 10.1 Å². The Labute approximate surface area is 137 Å². The SMILES string of the molecule is CCOC(=O)c1ccc(-c2[nH]ccc2C(=O)OCC)c([N+](=O)[O-])c1. The van der Waals surface area contributed by atoms with Crippen molar-refractivity contribution in [1.29, 1.82) is 0 Å². The summed E-state index contributed by atoms with van der Waals surface area (Å²) < 4.78 is 9.78. The normalized spacial score (nSPS) is 10.2. The fourth-order valence-electron chi connectivity index (χ4n) is 2.21. The summed E-state index contributed by atoms with van der Waals surface area (Å²) >= 11 is 0. The number of esters is 2. The maximum atomic E-state index is 12.0. The lowest BCUT2D eigenvalue weighted by Gasteiger charge is -2.07. The van der Waals surface area contributed by atoms with Gasteiger partial charge in [-0.2, -0.15) is 0 Å². The number of carbonyl (C=O) groups excluding carboxylic acids is 2. The number of benzene rings is 1. The molecule has 0 aliphatic rings. The molecule has 0 radical (unpaired) electrons. The second kappa shape index (κ2) is 7.40. The molecule has 0 bridgehead atoms. The second-order valence-electron chi connectivity index (χ2n) is 4.70. The quantitative estimate of drug-likeness (QED) is 0.494. The van der Waals surface area contributed by atoms with Crippen molar-refractivity contribution in [2.24, 2.45) is 0 Å². The number of aromatic amines is 1. The maximum Gasteiger partial charge on any atom is 0.340 e. The molecule has 0 aliphatic heterocycles. The highest BCUT2D eigenvalue weighted by atomic mass is 16.6. The molecule has 1 aromatic carbocycles. The standard InChI is InChI=1S/C16H16N2O6/c1-3-23-15(19)10-5-6-11(13(9-10)18(21)22)14-12(7-8-17-14)16(20)24-4-2/h5-9,17H,3-4H2,1-2H3. The van der Waals surface area contributed by atoms with E-state index in [0.717, 1.165) is 6.07 Å². The van der Waals surface area contributed by atoms with Crippen LogP contribution in [0.15, 0.2) is 30.5 Å². The summed E-state index contributed by atoms with van der Waals surface area (Å²) in [5.41, 5.74) is 0.380. The van der Waals surface area contributed by atoms with E-state index < -0.39 is 16.9 Å². The Morgan fingerprint density at radius 3 is 2.42 bits per heavy atom. The molecule has 0 spiro atoms. The molecule has 1 N–H and O–H groups in total. The molecule has 2 rings (SSSR count). The summed E-state index contributed by atoms with van der Waals surface area (Å²) in [5, 5.41) is 11.4. The summed E-state index contributed by atoms with van der Waals surface area (Å²) in [4.78, 5) is 37.3. The number of H-pyrrole nitrogens is 1. The van der Waals surface area contributed by atoms with Gasteiger partial charge < -0.3 is 14.5 Å². The van der Waals surface area contributed by atoms with E-state index in [2.05, 4.69) is 4.98 Å². The average Bonchev–Trinajstić information content (AvgIpc) is 3.04. The first-order valence-electron chi connectivity index (χ1n) is 7.30. The molecule has 0 fully saturated rings. The van der Waals surface area contributed by atoms with Crippen molar-refractivity contribution < 1.29 is 24.0 Å². The lowest BCUT2D eigenvalue weighted by Crippen LogP contribution is -2.07. The Bertz CT molecular complexity index is 781. The van der Waals surface area contributed by atoms with E-state index in [-0.39, 0.29) is 41.3 Å². The van der Waals surface area contributed by atoms with Gasteiger partial charge in [-0.1, -0.05) is 0 Å². The zero-order chi connectivity index (χ0) is 17.7. The van der Waals surface area contributed by atoms with Crippen molar-refractivity contribution in [2.75, 3.05) is 13.2 Å². The third-order valence-corrected chi connectivity index (χ3v) is 3.22. The van der Waals surface area contributed by atoms with Crippen LogP contribution in [0.25, 0.3) is 11.3 Å². The molecule has 8 nitrogen and oxygen atoms in total. The number of nitro benzene ring substituents is 1. The minimum Gasteiger partial charge on any atom is -0.462 e. The second-order valence-corrected chi connectivity index (χ2v) is 4.70. The lowest BCUT2D eigenvalue weighted by molar-refractivity contribution is -0.384. The summed E-state index contributed by atoms with van der Waals surface area (Å²) in [6.45, 7) is 3.66. The highest BCUT2D eigenvalue weighted by Gasteiger charge is 2.24. The van der Waals surface area contributed by atoms with Crippen molar-refractivity contribution in [3.8, 4) is 11.3 Å². The molecule has 126 valence electrons. The van der Waals surface area contributed by atoms with Gasteiger partial charge in [0.25, 0.3) is 5.69 Å². The highest BCUT2D eigenvalue weighted by molar-refractivity contribution is 5.98. The van der Waals surface area contributed by atoms with Crippen LogP contribution in [-0.4, -0.2) is 35.1 Å². The molecule has 2 aromatic rings. The Kier molecular flexibility index (Phi) is 5.31. The van der Waals surface area contributed by atoms with Gasteiger partial charge in [0.15, 0.2) is 0 Å². The molecule has 0 unspecified atom stereocenters. The zero-order valence-electron chi connectivity index (χ0n) is 13.2.